The lowest BCUT2D eigenvalue weighted by atomic mass is 9.89. The van der Waals surface area contributed by atoms with E-state index in [1.807, 2.05) is 0 Å². The van der Waals surface area contributed by atoms with Crippen molar-refractivity contribution in [1.29, 1.82) is 0 Å². The van der Waals surface area contributed by atoms with Gasteiger partial charge in [0.1, 0.15) is 0 Å². The van der Waals surface area contributed by atoms with Crippen molar-refractivity contribution in [3.05, 3.63) is 12.2 Å². The molecule has 0 aliphatic heterocycles. The van der Waals surface area contributed by atoms with Crippen LogP contribution in [-0.4, -0.2) is 23.9 Å². The molecule has 1 amide bonds. The van der Waals surface area contributed by atoms with E-state index in [4.69, 9.17) is 0 Å². The first-order chi connectivity index (χ1) is 8.58. The lowest BCUT2D eigenvalue weighted by molar-refractivity contribution is -0.129. The fourth-order valence-corrected chi connectivity index (χ4v) is 3.32. The van der Waals surface area contributed by atoms with Gasteiger partial charge in [0, 0.05) is 20.0 Å². The van der Waals surface area contributed by atoms with E-state index in [1.165, 1.54) is 25.7 Å². The first kappa shape index (κ1) is 13.6. The normalized spacial score (nSPS) is 30.6. The van der Waals surface area contributed by atoms with Crippen LogP contribution in [0.25, 0.3) is 0 Å². The summed E-state index contributed by atoms with van der Waals surface area (Å²) in [5.74, 6) is 3.39. The van der Waals surface area contributed by atoms with E-state index in [-0.39, 0.29) is 5.91 Å². The summed E-state index contributed by atoms with van der Waals surface area (Å²) in [7, 11) is 0. The number of carbonyl (C=O) groups excluding carboxylic acids is 1. The summed E-state index contributed by atoms with van der Waals surface area (Å²) in [6.45, 7) is 8.00. The number of allylic oxidation sites excluding steroid dienone is 2. The lowest BCUT2D eigenvalue weighted by Crippen LogP contribution is -2.34. The molecule has 18 heavy (non-hydrogen) atoms. The molecule has 0 saturated heterocycles. The molecule has 2 rings (SSSR count). The Labute approximate surface area is 111 Å². The van der Waals surface area contributed by atoms with Crippen LogP contribution in [0.5, 0.6) is 0 Å². The minimum absolute atomic E-state index is 0.248. The summed E-state index contributed by atoms with van der Waals surface area (Å²) in [5.41, 5.74) is 0. The highest BCUT2D eigenvalue weighted by atomic mass is 16.2. The number of carbonyl (C=O) groups is 1. The second-order valence-corrected chi connectivity index (χ2v) is 6.52. The third kappa shape index (κ3) is 3.60. The van der Waals surface area contributed by atoms with Gasteiger partial charge in [0.15, 0.2) is 0 Å². The molecule has 2 aliphatic carbocycles. The van der Waals surface area contributed by atoms with Gasteiger partial charge in [-0.15, -0.1) is 0 Å². The van der Waals surface area contributed by atoms with Crippen LogP contribution >= 0.6 is 0 Å². The summed E-state index contributed by atoms with van der Waals surface area (Å²) in [6.07, 6.45) is 9.90. The summed E-state index contributed by atoms with van der Waals surface area (Å²) < 4.78 is 0. The Hall–Kier alpha value is -0.790. The molecule has 0 N–H and O–H groups in total. The number of hydrogen-bond donors (Lipinski definition) is 0. The van der Waals surface area contributed by atoms with Gasteiger partial charge in [-0.3, -0.25) is 4.79 Å². The van der Waals surface area contributed by atoms with Gasteiger partial charge in [-0.25, -0.2) is 0 Å². The lowest BCUT2D eigenvalue weighted by Gasteiger charge is -2.24. The van der Waals surface area contributed by atoms with E-state index in [2.05, 4.69) is 30.9 Å². The van der Waals surface area contributed by atoms with Crippen LogP contribution in [-0.2, 0) is 4.79 Å². The van der Waals surface area contributed by atoms with Gasteiger partial charge in [0.2, 0.25) is 5.91 Å². The minimum atomic E-state index is 0.248. The standard InChI is InChI=1S/C16H27NO/c1-12(2)10-17(13(3)18)11-15-9-16(15)14-7-5-4-6-8-14/h4-5,12,14-16H,6-11H2,1-3H3. The van der Waals surface area contributed by atoms with Gasteiger partial charge in [-0.05, 0) is 49.4 Å². The molecule has 0 heterocycles. The van der Waals surface area contributed by atoms with E-state index in [0.717, 1.165) is 30.8 Å². The average molecular weight is 249 g/mol. The molecule has 0 aromatic carbocycles. The molecule has 1 saturated carbocycles. The molecule has 2 nitrogen and oxygen atoms in total. The minimum Gasteiger partial charge on any atom is -0.342 e. The molecule has 0 bridgehead atoms. The average Bonchev–Trinajstić information content (AvgIpc) is 3.08. The molecule has 0 aromatic heterocycles. The Kier molecular flexibility index (Phi) is 4.47. The Balaban J connectivity index is 1.79. The monoisotopic (exact) mass is 249 g/mol. The molecular weight excluding hydrogens is 222 g/mol. The first-order valence-corrected chi connectivity index (χ1v) is 7.48. The second kappa shape index (κ2) is 5.90. The molecule has 1 fully saturated rings. The SMILES string of the molecule is CC(=O)N(CC(C)C)CC1CC1C1CC=CCC1. The second-order valence-electron chi connectivity index (χ2n) is 6.52. The van der Waals surface area contributed by atoms with Crippen molar-refractivity contribution in [2.45, 2.75) is 46.5 Å². The highest BCUT2D eigenvalue weighted by molar-refractivity contribution is 5.73. The summed E-state index contributed by atoms with van der Waals surface area (Å²) in [4.78, 5) is 13.7. The highest BCUT2D eigenvalue weighted by Crippen LogP contribution is 2.48. The zero-order chi connectivity index (χ0) is 13.1. The Morgan fingerprint density at radius 2 is 2.17 bits per heavy atom. The third-order valence-corrected chi connectivity index (χ3v) is 4.38. The maximum absolute atomic E-state index is 11.6. The predicted octanol–water partition coefficient (Wildman–Crippen LogP) is 3.48. The Morgan fingerprint density at radius 3 is 2.72 bits per heavy atom. The Bertz CT molecular complexity index is 321. The van der Waals surface area contributed by atoms with Crippen molar-refractivity contribution < 1.29 is 4.79 Å². The van der Waals surface area contributed by atoms with E-state index in [0.29, 0.717) is 5.92 Å². The van der Waals surface area contributed by atoms with E-state index in [9.17, 15) is 4.79 Å². The molecule has 102 valence electrons. The predicted molar refractivity (Wildman–Crippen MR) is 75.2 cm³/mol. The van der Waals surface area contributed by atoms with Crippen LogP contribution in [0.1, 0.15) is 46.5 Å². The van der Waals surface area contributed by atoms with Crippen LogP contribution in [0.3, 0.4) is 0 Å². The Morgan fingerprint density at radius 1 is 1.39 bits per heavy atom. The van der Waals surface area contributed by atoms with Gasteiger partial charge in [-0.2, -0.15) is 0 Å². The quantitative estimate of drug-likeness (QED) is 0.683. The van der Waals surface area contributed by atoms with Crippen molar-refractivity contribution in [2.24, 2.45) is 23.7 Å². The third-order valence-electron chi connectivity index (χ3n) is 4.38. The molecule has 2 aliphatic rings. The molecule has 2 heteroatoms. The molecular formula is C16H27NO. The maximum atomic E-state index is 11.6. The number of hydrogen-bond acceptors (Lipinski definition) is 1. The molecule has 3 unspecified atom stereocenters. The molecule has 3 atom stereocenters. The zero-order valence-electron chi connectivity index (χ0n) is 12.1. The molecule has 0 radical (unpaired) electrons. The van der Waals surface area contributed by atoms with Gasteiger partial charge in [-0.1, -0.05) is 26.0 Å². The fourth-order valence-electron chi connectivity index (χ4n) is 3.32. The van der Waals surface area contributed by atoms with E-state index >= 15 is 0 Å². The van der Waals surface area contributed by atoms with Gasteiger partial charge in [0.05, 0.1) is 0 Å². The van der Waals surface area contributed by atoms with Crippen molar-refractivity contribution in [2.75, 3.05) is 13.1 Å². The number of rotatable bonds is 5. The first-order valence-electron chi connectivity index (χ1n) is 7.48. The smallest absolute Gasteiger partial charge is 0.219 e. The zero-order valence-corrected chi connectivity index (χ0v) is 12.1. The van der Waals surface area contributed by atoms with E-state index in [1.54, 1.807) is 6.92 Å². The van der Waals surface area contributed by atoms with Crippen LogP contribution < -0.4 is 0 Å². The fraction of sp³-hybridized carbons (Fsp3) is 0.812. The van der Waals surface area contributed by atoms with E-state index < -0.39 is 0 Å². The maximum Gasteiger partial charge on any atom is 0.219 e. The van der Waals surface area contributed by atoms with Crippen molar-refractivity contribution in [3.8, 4) is 0 Å². The summed E-state index contributed by atoms with van der Waals surface area (Å²) >= 11 is 0. The molecule has 0 spiro atoms. The number of amides is 1. The topological polar surface area (TPSA) is 20.3 Å². The van der Waals surface area contributed by atoms with Crippen LogP contribution in [0, 0.1) is 23.7 Å². The van der Waals surface area contributed by atoms with Crippen LogP contribution in [0.4, 0.5) is 0 Å². The molecule has 0 aromatic rings. The largest absolute Gasteiger partial charge is 0.342 e. The summed E-state index contributed by atoms with van der Waals surface area (Å²) in [6, 6.07) is 0. The van der Waals surface area contributed by atoms with Crippen LogP contribution in [0.15, 0.2) is 12.2 Å². The summed E-state index contributed by atoms with van der Waals surface area (Å²) in [5, 5.41) is 0. The van der Waals surface area contributed by atoms with Crippen molar-refractivity contribution in [1.82, 2.24) is 4.90 Å². The van der Waals surface area contributed by atoms with Gasteiger partial charge >= 0.3 is 0 Å². The van der Waals surface area contributed by atoms with Gasteiger partial charge < -0.3 is 4.90 Å². The van der Waals surface area contributed by atoms with Crippen molar-refractivity contribution >= 4 is 5.91 Å². The van der Waals surface area contributed by atoms with Gasteiger partial charge in [0.25, 0.3) is 0 Å². The van der Waals surface area contributed by atoms with Crippen LogP contribution in [0.2, 0.25) is 0 Å². The highest BCUT2D eigenvalue weighted by Gasteiger charge is 2.43. The van der Waals surface area contributed by atoms with Crippen molar-refractivity contribution in [3.63, 3.8) is 0 Å². The number of nitrogens with zero attached hydrogens (tertiary/aromatic N) is 1.